The SMILES string of the molecule is CC(C)Nc1nc(-c2ccncn2)ns1. The molecule has 2 aromatic rings. The van der Waals surface area contributed by atoms with Crippen molar-refractivity contribution in [3.63, 3.8) is 0 Å². The number of anilines is 1. The van der Waals surface area contributed by atoms with E-state index in [1.165, 1.54) is 17.9 Å². The van der Waals surface area contributed by atoms with Crippen LogP contribution in [0.2, 0.25) is 0 Å². The first-order valence-electron chi connectivity index (χ1n) is 4.62. The molecule has 0 fully saturated rings. The molecule has 1 N–H and O–H groups in total. The Balaban J connectivity index is 2.21. The van der Waals surface area contributed by atoms with Crippen molar-refractivity contribution in [3.05, 3.63) is 18.6 Å². The first-order chi connectivity index (χ1) is 7.25. The molecular formula is C9H11N5S. The zero-order valence-corrected chi connectivity index (χ0v) is 9.32. The summed E-state index contributed by atoms with van der Waals surface area (Å²) in [5, 5.41) is 4.01. The average molecular weight is 221 g/mol. The lowest BCUT2D eigenvalue weighted by Crippen LogP contribution is -2.09. The molecule has 0 aliphatic carbocycles. The van der Waals surface area contributed by atoms with Gasteiger partial charge in [-0.25, -0.2) is 9.97 Å². The maximum atomic E-state index is 4.33. The largest absolute Gasteiger partial charge is 0.358 e. The summed E-state index contributed by atoms with van der Waals surface area (Å²) in [4.78, 5) is 12.3. The van der Waals surface area contributed by atoms with Crippen LogP contribution in [0.5, 0.6) is 0 Å². The molecule has 0 saturated heterocycles. The first kappa shape index (κ1) is 9.97. The molecule has 5 nitrogen and oxygen atoms in total. The van der Waals surface area contributed by atoms with Crippen LogP contribution in [0.4, 0.5) is 5.13 Å². The summed E-state index contributed by atoms with van der Waals surface area (Å²) >= 11 is 1.34. The fraction of sp³-hybridized carbons (Fsp3) is 0.333. The Morgan fingerprint density at radius 1 is 1.40 bits per heavy atom. The van der Waals surface area contributed by atoms with Crippen LogP contribution in [0.3, 0.4) is 0 Å². The van der Waals surface area contributed by atoms with E-state index in [1.54, 1.807) is 12.3 Å². The summed E-state index contributed by atoms with van der Waals surface area (Å²) in [5.74, 6) is 0.644. The topological polar surface area (TPSA) is 63.6 Å². The van der Waals surface area contributed by atoms with Crippen molar-refractivity contribution in [2.45, 2.75) is 19.9 Å². The molecule has 0 atom stereocenters. The highest BCUT2D eigenvalue weighted by Gasteiger charge is 2.07. The summed E-state index contributed by atoms with van der Waals surface area (Å²) in [5.41, 5.74) is 0.748. The van der Waals surface area contributed by atoms with E-state index in [4.69, 9.17) is 0 Å². The summed E-state index contributed by atoms with van der Waals surface area (Å²) in [6.45, 7) is 4.12. The minimum atomic E-state index is 0.358. The molecule has 0 bridgehead atoms. The highest BCUT2D eigenvalue weighted by Crippen LogP contribution is 2.18. The zero-order chi connectivity index (χ0) is 10.7. The second-order valence-corrected chi connectivity index (χ2v) is 4.07. The van der Waals surface area contributed by atoms with Crippen LogP contribution in [-0.4, -0.2) is 25.4 Å². The third kappa shape index (κ3) is 2.47. The smallest absolute Gasteiger partial charge is 0.203 e. The quantitative estimate of drug-likeness (QED) is 0.856. The number of aromatic nitrogens is 4. The van der Waals surface area contributed by atoms with Gasteiger partial charge in [0.1, 0.15) is 12.0 Å². The van der Waals surface area contributed by atoms with Gasteiger partial charge in [-0.2, -0.15) is 9.36 Å². The molecule has 2 rings (SSSR count). The lowest BCUT2D eigenvalue weighted by atomic mass is 10.4. The molecule has 0 amide bonds. The summed E-state index contributed by atoms with van der Waals surface area (Å²) in [7, 11) is 0. The normalized spacial score (nSPS) is 10.6. The maximum Gasteiger partial charge on any atom is 0.203 e. The lowest BCUT2D eigenvalue weighted by molar-refractivity contribution is 0.896. The van der Waals surface area contributed by atoms with Crippen molar-refractivity contribution in [2.24, 2.45) is 0 Å². The van der Waals surface area contributed by atoms with Gasteiger partial charge in [0.25, 0.3) is 0 Å². The van der Waals surface area contributed by atoms with Gasteiger partial charge in [-0.3, -0.25) is 0 Å². The number of hydrogen-bond acceptors (Lipinski definition) is 6. The number of nitrogens with zero attached hydrogens (tertiary/aromatic N) is 4. The van der Waals surface area contributed by atoms with Crippen molar-refractivity contribution in [1.29, 1.82) is 0 Å². The molecule has 15 heavy (non-hydrogen) atoms. The monoisotopic (exact) mass is 221 g/mol. The van der Waals surface area contributed by atoms with Gasteiger partial charge >= 0.3 is 0 Å². The predicted molar refractivity (Wildman–Crippen MR) is 59.7 cm³/mol. The molecule has 0 aliphatic heterocycles. The van der Waals surface area contributed by atoms with Crippen LogP contribution in [0.15, 0.2) is 18.6 Å². The van der Waals surface area contributed by atoms with Gasteiger partial charge in [-0.1, -0.05) is 0 Å². The minimum Gasteiger partial charge on any atom is -0.358 e. The van der Waals surface area contributed by atoms with Gasteiger partial charge in [-0.05, 0) is 19.9 Å². The van der Waals surface area contributed by atoms with Crippen LogP contribution in [0.1, 0.15) is 13.8 Å². The van der Waals surface area contributed by atoms with E-state index in [1.807, 2.05) is 0 Å². The Bertz CT molecular complexity index is 425. The molecule has 0 aromatic carbocycles. The van der Waals surface area contributed by atoms with Gasteiger partial charge in [0.15, 0.2) is 5.82 Å². The molecule has 0 unspecified atom stereocenters. The van der Waals surface area contributed by atoms with Crippen molar-refractivity contribution in [3.8, 4) is 11.5 Å². The Morgan fingerprint density at radius 2 is 2.27 bits per heavy atom. The maximum absolute atomic E-state index is 4.33. The molecule has 6 heteroatoms. The lowest BCUT2D eigenvalue weighted by Gasteiger charge is -2.03. The molecule has 0 aliphatic rings. The highest BCUT2D eigenvalue weighted by molar-refractivity contribution is 7.09. The van der Waals surface area contributed by atoms with Crippen molar-refractivity contribution in [2.75, 3.05) is 5.32 Å². The van der Waals surface area contributed by atoms with Crippen molar-refractivity contribution in [1.82, 2.24) is 19.3 Å². The standard InChI is InChI=1S/C9H11N5S/c1-6(2)12-9-13-8(14-15-9)7-3-4-10-5-11-7/h3-6H,1-2H3,(H,12,13,14). The van der Waals surface area contributed by atoms with E-state index in [9.17, 15) is 0 Å². The Morgan fingerprint density at radius 3 is 2.93 bits per heavy atom. The van der Waals surface area contributed by atoms with Crippen LogP contribution in [-0.2, 0) is 0 Å². The van der Waals surface area contributed by atoms with Gasteiger partial charge in [0.05, 0.1) is 0 Å². The first-order valence-corrected chi connectivity index (χ1v) is 5.39. The molecule has 0 saturated carbocycles. The zero-order valence-electron chi connectivity index (χ0n) is 8.51. The molecule has 0 radical (unpaired) electrons. The summed E-state index contributed by atoms with van der Waals surface area (Å²) in [6.07, 6.45) is 3.17. The van der Waals surface area contributed by atoms with Crippen LogP contribution < -0.4 is 5.32 Å². The fourth-order valence-corrected chi connectivity index (χ4v) is 1.78. The Labute approximate surface area is 91.8 Å². The van der Waals surface area contributed by atoms with Gasteiger partial charge < -0.3 is 5.32 Å². The molecule has 0 spiro atoms. The third-order valence-corrected chi connectivity index (χ3v) is 2.30. The average Bonchev–Trinajstić information content (AvgIpc) is 2.67. The number of rotatable bonds is 3. The van der Waals surface area contributed by atoms with E-state index in [-0.39, 0.29) is 0 Å². The fourth-order valence-electron chi connectivity index (χ4n) is 1.06. The molecule has 78 valence electrons. The summed E-state index contributed by atoms with van der Waals surface area (Å²) < 4.78 is 4.22. The summed E-state index contributed by atoms with van der Waals surface area (Å²) in [6, 6.07) is 2.15. The van der Waals surface area contributed by atoms with E-state index in [0.29, 0.717) is 11.9 Å². The van der Waals surface area contributed by atoms with Gasteiger partial charge in [0.2, 0.25) is 5.13 Å². The minimum absolute atomic E-state index is 0.358. The second kappa shape index (κ2) is 4.31. The van der Waals surface area contributed by atoms with Crippen molar-refractivity contribution >= 4 is 16.7 Å². The Hall–Kier alpha value is -1.56. The number of hydrogen-bond donors (Lipinski definition) is 1. The van der Waals surface area contributed by atoms with Crippen LogP contribution in [0.25, 0.3) is 11.5 Å². The third-order valence-electron chi connectivity index (χ3n) is 1.65. The van der Waals surface area contributed by atoms with Crippen LogP contribution in [0, 0.1) is 0 Å². The Kier molecular flexibility index (Phi) is 2.86. The number of nitrogens with one attached hydrogen (secondary N) is 1. The molecule has 2 aromatic heterocycles. The van der Waals surface area contributed by atoms with E-state index in [2.05, 4.69) is 38.5 Å². The van der Waals surface area contributed by atoms with Gasteiger partial charge in [0, 0.05) is 23.8 Å². The van der Waals surface area contributed by atoms with E-state index < -0.39 is 0 Å². The predicted octanol–water partition coefficient (Wildman–Crippen LogP) is 1.82. The van der Waals surface area contributed by atoms with E-state index >= 15 is 0 Å². The van der Waals surface area contributed by atoms with Crippen molar-refractivity contribution < 1.29 is 0 Å². The molecular weight excluding hydrogens is 210 g/mol. The molecule has 2 heterocycles. The highest BCUT2D eigenvalue weighted by atomic mass is 32.1. The second-order valence-electron chi connectivity index (χ2n) is 3.32. The van der Waals surface area contributed by atoms with Gasteiger partial charge in [-0.15, -0.1) is 0 Å². The van der Waals surface area contributed by atoms with E-state index in [0.717, 1.165) is 10.8 Å². The van der Waals surface area contributed by atoms with Crippen LogP contribution >= 0.6 is 11.5 Å².